The first-order valence-electron chi connectivity index (χ1n) is 9.83. The third-order valence-corrected chi connectivity index (χ3v) is 6.09. The fourth-order valence-corrected chi connectivity index (χ4v) is 4.22. The zero-order valence-corrected chi connectivity index (χ0v) is 17.7. The molecule has 7 heteroatoms. The van der Waals surface area contributed by atoms with E-state index >= 15 is 0 Å². The lowest BCUT2D eigenvalue weighted by atomic mass is 10.1. The van der Waals surface area contributed by atoms with Crippen LogP contribution in [-0.2, 0) is 13.1 Å². The molecule has 0 aliphatic carbocycles. The van der Waals surface area contributed by atoms with Crippen molar-refractivity contribution in [2.45, 2.75) is 20.0 Å². The Balaban J connectivity index is 1.27. The Hall–Kier alpha value is -2.64. The van der Waals surface area contributed by atoms with E-state index in [1.165, 1.54) is 0 Å². The van der Waals surface area contributed by atoms with Gasteiger partial charge in [0, 0.05) is 44.6 Å². The lowest BCUT2D eigenvalue weighted by Crippen LogP contribution is -2.51. The molecule has 1 aliphatic rings. The Morgan fingerprint density at radius 2 is 1.90 bits per heavy atom. The highest BCUT2D eigenvalue weighted by Gasteiger charge is 2.21. The van der Waals surface area contributed by atoms with Crippen molar-refractivity contribution < 1.29 is 9.53 Å². The number of carbonyl (C=O) groups is 1. The number of hydrogen-bond acceptors (Lipinski definition) is 5. The molecule has 0 atom stereocenters. The second-order valence-electron chi connectivity index (χ2n) is 7.33. The number of fused-ring (bicyclic) bond motifs is 1. The van der Waals surface area contributed by atoms with Crippen molar-refractivity contribution in [3.05, 3.63) is 58.0 Å². The Kier molecular flexibility index (Phi) is 5.97. The molecule has 0 saturated carbocycles. The first kappa shape index (κ1) is 19.7. The van der Waals surface area contributed by atoms with Crippen LogP contribution in [-0.4, -0.2) is 54.1 Å². The number of aryl methyl sites for hydroxylation is 1. The Labute approximate surface area is 175 Å². The highest BCUT2D eigenvalue weighted by molar-refractivity contribution is 7.09. The molecule has 29 heavy (non-hydrogen) atoms. The van der Waals surface area contributed by atoms with Crippen LogP contribution < -0.4 is 10.1 Å². The minimum absolute atomic E-state index is 0.00369. The topological polar surface area (TPSA) is 57.7 Å². The molecule has 4 rings (SSSR count). The van der Waals surface area contributed by atoms with Crippen LogP contribution in [0.25, 0.3) is 10.8 Å². The molecule has 0 unspecified atom stereocenters. The maximum absolute atomic E-state index is 12.6. The van der Waals surface area contributed by atoms with Crippen LogP contribution in [0.1, 0.15) is 16.3 Å². The maximum atomic E-state index is 12.6. The summed E-state index contributed by atoms with van der Waals surface area (Å²) >= 11 is 1.69. The lowest BCUT2D eigenvalue weighted by Gasteiger charge is -2.34. The van der Waals surface area contributed by atoms with Crippen molar-refractivity contribution in [2.24, 2.45) is 0 Å². The van der Waals surface area contributed by atoms with E-state index < -0.39 is 0 Å². The SMILES string of the molecule is COc1ccc2cc(CNC(=O)N3CCN(Cc4csc(C)n4)CC3)ccc2c1. The summed E-state index contributed by atoms with van der Waals surface area (Å²) in [6.07, 6.45) is 0. The van der Waals surface area contributed by atoms with Gasteiger partial charge in [-0.15, -0.1) is 11.3 Å². The third kappa shape index (κ3) is 4.86. The molecule has 0 radical (unpaired) electrons. The predicted molar refractivity (Wildman–Crippen MR) is 116 cm³/mol. The average molecular weight is 411 g/mol. The highest BCUT2D eigenvalue weighted by Crippen LogP contribution is 2.22. The highest BCUT2D eigenvalue weighted by atomic mass is 32.1. The van der Waals surface area contributed by atoms with E-state index in [1.54, 1.807) is 18.4 Å². The van der Waals surface area contributed by atoms with Crippen molar-refractivity contribution in [3.8, 4) is 5.75 Å². The molecule has 0 spiro atoms. The van der Waals surface area contributed by atoms with E-state index in [0.717, 1.165) is 65.5 Å². The van der Waals surface area contributed by atoms with E-state index in [1.807, 2.05) is 30.0 Å². The van der Waals surface area contributed by atoms with Gasteiger partial charge in [-0.3, -0.25) is 4.90 Å². The summed E-state index contributed by atoms with van der Waals surface area (Å²) in [5.74, 6) is 0.850. The number of aromatic nitrogens is 1. The molecule has 152 valence electrons. The predicted octanol–water partition coefficient (Wildman–Crippen LogP) is 3.64. The van der Waals surface area contributed by atoms with E-state index in [4.69, 9.17) is 4.74 Å². The molecule has 2 heterocycles. The number of methoxy groups -OCH3 is 1. The largest absolute Gasteiger partial charge is 0.497 e. The molecule has 1 aliphatic heterocycles. The number of amides is 2. The van der Waals surface area contributed by atoms with Gasteiger partial charge in [0.1, 0.15) is 5.75 Å². The van der Waals surface area contributed by atoms with E-state index in [9.17, 15) is 4.79 Å². The van der Waals surface area contributed by atoms with Gasteiger partial charge in [0.05, 0.1) is 17.8 Å². The van der Waals surface area contributed by atoms with Gasteiger partial charge >= 0.3 is 6.03 Å². The molecule has 0 bridgehead atoms. The molecule has 6 nitrogen and oxygen atoms in total. The fourth-order valence-electron chi connectivity index (χ4n) is 3.62. The fraction of sp³-hybridized carbons (Fsp3) is 0.364. The van der Waals surface area contributed by atoms with Gasteiger partial charge in [-0.05, 0) is 41.5 Å². The van der Waals surface area contributed by atoms with Crippen LogP contribution in [0.5, 0.6) is 5.75 Å². The number of nitrogens with one attached hydrogen (secondary N) is 1. The summed E-state index contributed by atoms with van der Waals surface area (Å²) < 4.78 is 5.27. The maximum Gasteiger partial charge on any atom is 0.317 e. The second-order valence-corrected chi connectivity index (χ2v) is 8.39. The molecule has 1 saturated heterocycles. The average Bonchev–Trinajstić information content (AvgIpc) is 3.16. The van der Waals surface area contributed by atoms with Crippen molar-refractivity contribution in [2.75, 3.05) is 33.3 Å². The third-order valence-electron chi connectivity index (χ3n) is 5.27. The smallest absolute Gasteiger partial charge is 0.317 e. The molecular weight excluding hydrogens is 384 g/mol. The molecule has 2 aromatic carbocycles. The van der Waals surface area contributed by atoms with Crippen LogP contribution in [0.3, 0.4) is 0 Å². The monoisotopic (exact) mass is 410 g/mol. The Morgan fingerprint density at radius 1 is 1.14 bits per heavy atom. The number of thiazole rings is 1. The van der Waals surface area contributed by atoms with E-state index in [0.29, 0.717) is 6.54 Å². The molecule has 1 N–H and O–H groups in total. The number of carbonyl (C=O) groups excluding carboxylic acids is 1. The lowest BCUT2D eigenvalue weighted by molar-refractivity contribution is 0.134. The number of rotatable bonds is 5. The zero-order valence-electron chi connectivity index (χ0n) is 16.9. The van der Waals surface area contributed by atoms with Gasteiger partial charge in [-0.1, -0.05) is 18.2 Å². The second kappa shape index (κ2) is 8.80. The number of nitrogens with zero attached hydrogens (tertiary/aromatic N) is 3. The van der Waals surface area contributed by atoms with Crippen molar-refractivity contribution in [1.82, 2.24) is 20.1 Å². The summed E-state index contributed by atoms with van der Waals surface area (Å²) in [6, 6.07) is 12.3. The van der Waals surface area contributed by atoms with Gasteiger partial charge in [0.15, 0.2) is 0 Å². The van der Waals surface area contributed by atoms with Crippen molar-refractivity contribution in [1.29, 1.82) is 0 Å². The zero-order chi connectivity index (χ0) is 20.2. The summed E-state index contributed by atoms with van der Waals surface area (Å²) in [4.78, 5) is 21.3. The molecule has 1 aromatic heterocycles. The molecule has 1 fully saturated rings. The number of urea groups is 1. The van der Waals surface area contributed by atoms with Crippen LogP contribution >= 0.6 is 11.3 Å². The standard InChI is InChI=1S/C22H26N4O2S/c1-16-24-20(15-29-16)14-25-7-9-26(10-8-25)22(27)23-13-17-3-4-19-12-21(28-2)6-5-18(19)11-17/h3-6,11-12,15H,7-10,13-14H2,1-2H3,(H,23,27). The summed E-state index contributed by atoms with van der Waals surface area (Å²) in [5, 5.41) is 8.55. The number of benzene rings is 2. The summed E-state index contributed by atoms with van der Waals surface area (Å²) in [5.41, 5.74) is 2.22. The minimum atomic E-state index is 0.00369. The normalized spacial score (nSPS) is 14.9. The number of piperazine rings is 1. The van der Waals surface area contributed by atoms with E-state index in [-0.39, 0.29) is 6.03 Å². The first-order chi connectivity index (χ1) is 14.1. The van der Waals surface area contributed by atoms with Crippen LogP contribution in [0.15, 0.2) is 41.8 Å². The van der Waals surface area contributed by atoms with Crippen LogP contribution in [0.4, 0.5) is 4.79 Å². The number of hydrogen-bond donors (Lipinski definition) is 1. The van der Waals surface area contributed by atoms with Gasteiger partial charge < -0.3 is 15.0 Å². The van der Waals surface area contributed by atoms with Gasteiger partial charge in [-0.2, -0.15) is 0 Å². The van der Waals surface area contributed by atoms with E-state index in [2.05, 4.69) is 38.8 Å². The Bertz CT molecular complexity index is 995. The number of ether oxygens (including phenoxy) is 1. The van der Waals surface area contributed by atoms with Crippen molar-refractivity contribution in [3.63, 3.8) is 0 Å². The molecule has 3 aromatic rings. The summed E-state index contributed by atoms with van der Waals surface area (Å²) in [7, 11) is 1.67. The van der Waals surface area contributed by atoms with Gasteiger partial charge in [-0.25, -0.2) is 9.78 Å². The molecular formula is C22H26N4O2S. The Morgan fingerprint density at radius 3 is 2.62 bits per heavy atom. The first-order valence-corrected chi connectivity index (χ1v) is 10.7. The van der Waals surface area contributed by atoms with Crippen molar-refractivity contribution >= 4 is 28.1 Å². The van der Waals surface area contributed by atoms with Crippen LogP contribution in [0.2, 0.25) is 0 Å². The minimum Gasteiger partial charge on any atom is -0.497 e. The van der Waals surface area contributed by atoms with Gasteiger partial charge in [0.25, 0.3) is 0 Å². The van der Waals surface area contributed by atoms with Crippen LogP contribution in [0, 0.1) is 6.92 Å². The quantitative estimate of drug-likeness (QED) is 0.698. The molecule has 2 amide bonds. The van der Waals surface area contributed by atoms with Gasteiger partial charge in [0.2, 0.25) is 0 Å². The summed E-state index contributed by atoms with van der Waals surface area (Å²) in [6.45, 7) is 6.66.